The first-order chi connectivity index (χ1) is 9.41. The molecule has 106 valence electrons. The minimum absolute atomic E-state index is 0.182. The second-order valence-corrected chi connectivity index (χ2v) is 5.20. The topological polar surface area (TPSA) is 44.4 Å². The van der Waals surface area contributed by atoms with Crippen molar-refractivity contribution in [2.45, 2.75) is 13.0 Å². The summed E-state index contributed by atoms with van der Waals surface area (Å²) >= 11 is 5.10. The monoisotopic (exact) mass is 293 g/mol. The van der Waals surface area contributed by atoms with Crippen molar-refractivity contribution in [1.29, 1.82) is 0 Å². The molecule has 0 aliphatic carbocycles. The van der Waals surface area contributed by atoms with Gasteiger partial charge >= 0.3 is 0 Å². The van der Waals surface area contributed by atoms with E-state index in [0.29, 0.717) is 21.9 Å². The van der Waals surface area contributed by atoms with Gasteiger partial charge in [-0.3, -0.25) is 4.79 Å². The molecular formula is C14H16FN3OS. The van der Waals surface area contributed by atoms with Gasteiger partial charge in [-0.05, 0) is 25.2 Å². The molecule has 1 aliphatic rings. The predicted octanol–water partition coefficient (Wildman–Crippen LogP) is 1.71. The van der Waals surface area contributed by atoms with Gasteiger partial charge in [0.25, 0.3) is 5.91 Å². The third kappa shape index (κ3) is 2.65. The Balaban J connectivity index is 2.54. The number of carbonyl (C=O) groups excluding carboxylic acids is 1. The van der Waals surface area contributed by atoms with Crippen LogP contribution in [0.5, 0.6) is 0 Å². The van der Waals surface area contributed by atoms with Crippen molar-refractivity contribution in [2.75, 3.05) is 14.1 Å². The molecule has 1 aromatic rings. The van der Waals surface area contributed by atoms with E-state index in [1.165, 1.54) is 11.0 Å². The summed E-state index contributed by atoms with van der Waals surface area (Å²) in [4.78, 5) is 13.8. The first kappa shape index (κ1) is 14.5. The van der Waals surface area contributed by atoms with Crippen LogP contribution in [-0.4, -0.2) is 30.0 Å². The molecule has 0 aromatic heterocycles. The van der Waals surface area contributed by atoms with Gasteiger partial charge in [-0.25, -0.2) is 4.39 Å². The molecule has 0 bridgehead atoms. The lowest BCUT2D eigenvalue weighted by Gasteiger charge is -2.31. The van der Waals surface area contributed by atoms with Crippen LogP contribution in [0.25, 0.3) is 0 Å². The molecule has 1 amide bonds. The molecule has 0 fully saturated rings. The number of carbonyl (C=O) groups is 1. The summed E-state index contributed by atoms with van der Waals surface area (Å²) in [5, 5.41) is 6.26. The number of benzene rings is 1. The zero-order valence-electron chi connectivity index (χ0n) is 11.5. The Morgan fingerprint density at radius 2 is 2.00 bits per heavy atom. The second-order valence-electron chi connectivity index (χ2n) is 4.79. The van der Waals surface area contributed by atoms with Crippen LogP contribution in [0.4, 0.5) is 4.39 Å². The quantitative estimate of drug-likeness (QED) is 0.815. The van der Waals surface area contributed by atoms with Crippen LogP contribution in [0.1, 0.15) is 18.5 Å². The third-order valence-corrected chi connectivity index (χ3v) is 3.34. The number of nitrogens with one attached hydrogen (secondary N) is 2. The van der Waals surface area contributed by atoms with E-state index in [4.69, 9.17) is 12.2 Å². The maximum absolute atomic E-state index is 14.0. The molecule has 1 heterocycles. The number of nitrogens with zero attached hydrogens (tertiary/aromatic N) is 1. The zero-order valence-corrected chi connectivity index (χ0v) is 12.3. The van der Waals surface area contributed by atoms with E-state index in [2.05, 4.69) is 10.6 Å². The highest BCUT2D eigenvalue weighted by Crippen LogP contribution is 2.29. The Morgan fingerprint density at radius 3 is 2.60 bits per heavy atom. The van der Waals surface area contributed by atoms with Crippen LogP contribution >= 0.6 is 12.2 Å². The highest BCUT2D eigenvalue weighted by Gasteiger charge is 2.32. The largest absolute Gasteiger partial charge is 0.351 e. The van der Waals surface area contributed by atoms with Crippen LogP contribution in [0.15, 0.2) is 35.5 Å². The van der Waals surface area contributed by atoms with Crippen molar-refractivity contribution in [2.24, 2.45) is 0 Å². The number of halogens is 1. The molecule has 0 unspecified atom stereocenters. The van der Waals surface area contributed by atoms with Crippen molar-refractivity contribution in [3.05, 3.63) is 46.9 Å². The first-order valence-corrected chi connectivity index (χ1v) is 6.57. The van der Waals surface area contributed by atoms with Crippen LogP contribution in [-0.2, 0) is 4.79 Å². The Morgan fingerprint density at radius 1 is 1.35 bits per heavy atom. The lowest BCUT2D eigenvalue weighted by Crippen LogP contribution is -2.46. The van der Waals surface area contributed by atoms with E-state index < -0.39 is 6.04 Å². The minimum atomic E-state index is -0.583. The predicted molar refractivity (Wildman–Crippen MR) is 79.4 cm³/mol. The summed E-state index contributed by atoms with van der Waals surface area (Å²) in [7, 11) is 3.32. The van der Waals surface area contributed by atoms with Crippen molar-refractivity contribution in [1.82, 2.24) is 15.5 Å². The van der Waals surface area contributed by atoms with Gasteiger partial charge in [-0.1, -0.05) is 18.2 Å². The molecule has 0 radical (unpaired) electrons. The van der Waals surface area contributed by atoms with Crippen LogP contribution < -0.4 is 10.6 Å². The number of amides is 1. The second kappa shape index (κ2) is 5.58. The minimum Gasteiger partial charge on any atom is -0.351 e. The summed E-state index contributed by atoms with van der Waals surface area (Å²) in [5.41, 5.74) is 1.51. The van der Waals surface area contributed by atoms with E-state index in [1.807, 2.05) is 0 Å². The number of allylic oxidation sites excluding steroid dienone is 1. The number of hydrogen-bond acceptors (Lipinski definition) is 2. The highest BCUT2D eigenvalue weighted by molar-refractivity contribution is 7.80. The summed E-state index contributed by atoms with van der Waals surface area (Å²) in [6.07, 6.45) is 0. The van der Waals surface area contributed by atoms with Gasteiger partial charge in [0.1, 0.15) is 5.82 Å². The summed E-state index contributed by atoms with van der Waals surface area (Å²) < 4.78 is 14.0. The standard InChI is InChI=1S/C14H16FN3OS/c1-8-11(13(19)18(2)3)12(17-14(20)16-8)9-6-4-5-7-10(9)15/h4-7,12H,1-3H3,(H2,16,17,20)/t12-/m1/s1. The fourth-order valence-corrected chi connectivity index (χ4v) is 2.43. The normalized spacial score (nSPS) is 18.4. The smallest absolute Gasteiger partial charge is 0.253 e. The SMILES string of the molecule is CC1=C(C(=O)N(C)C)[C@@H](c2ccccc2F)NC(=S)N1. The van der Waals surface area contributed by atoms with Crippen molar-refractivity contribution >= 4 is 23.2 Å². The highest BCUT2D eigenvalue weighted by atomic mass is 32.1. The Kier molecular flexibility index (Phi) is 4.04. The van der Waals surface area contributed by atoms with Crippen LogP contribution in [0, 0.1) is 5.82 Å². The van der Waals surface area contributed by atoms with E-state index in [9.17, 15) is 9.18 Å². The van der Waals surface area contributed by atoms with Gasteiger partial charge in [0.2, 0.25) is 0 Å². The van der Waals surface area contributed by atoms with Crippen molar-refractivity contribution in [3.8, 4) is 0 Å². The lowest BCUT2D eigenvalue weighted by atomic mass is 9.94. The molecule has 1 aliphatic heterocycles. The molecular weight excluding hydrogens is 277 g/mol. The van der Waals surface area contributed by atoms with E-state index in [0.717, 1.165) is 0 Å². The number of hydrogen-bond donors (Lipinski definition) is 2. The first-order valence-electron chi connectivity index (χ1n) is 6.16. The molecule has 20 heavy (non-hydrogen) atoms. The third-order valence-electron chi connectivity index (χ3n) is 3.12. The summed E-state index contributed by atoms with van der Waals surface area (Å²) in [6, 6.07) is 5.78. The fourth-order valence-electron chi connectivity index (χ4n) is 2.16. The van der Waals surface area contributed by atoms with Crippen molar-refractivity contribution < 1.29 is 9.18 Å². The van der Waals surface area contributed by atoms with Gasteiger partial charge in [-0.15, -0.1) is 0 Å². The number of thiocarbonyl (C=S) groups is 1. The average molecular weight is 293 g/mol. The molecule has 2 N–H and O–H groups in total. The molecule has 1 aromatic carbocycles. The van der Waals surface area contributed by atoms with E-state index >= 15 is 0 Å². The number of rotatable bonds is 2. The Labute approximate surface area is 122 Å². The molecule has 6 heteroatoms. The maximum Gasteiger partial charge on any atom is 0.253 e. The fraction of sp³-hybridized carbons (Fsp3) is 0.286. The van der Waals surface area contributed by atoms with Gasteiger partial charge in [-0.2, -0.15) is 0 Å². The zero-order chi connectivity index (χ0) is 14.9. The Bertz CT molecular complexity index is 598. The lowest BCUT2D eigenvalue weighted by molar-refractivity contribution is -0.125. The molecule has 1 atom stereocenters. The van der Waals surface area contributed by atoms with Gasteiger partial charge in [0, 0.05) is 25.4 Å². The summed E-state index contributed by atoms with van der Waals surface area (Å²) in [6.45, 7) is 1.76. The van der Waals surface area contributed by atoms with E-state index in [1.54, 1.807) is 39.2 Å². The van der Waals surface area contributed by atoms with Gasteiger partial charge in [0.05, 0.1) is 11.6 Å². The van der Waals surface area contributed by atoms with Gasteiger partial charge in [0.15, 0.2) is 5.11 Å². The molecule has 4 nitrogen and oxygen atoms in total. The van der Waals surface area contributed by atoms with Crippen LogP contribution in [0.3, 0.4) is 0 Å². The van der Waals surface area contributed by atoms with E-state index in [-0.39, 0.29) is 11.7 Å². The maximum atomic E-state index is 14.0. The van der Waals surface area contributed by atoms with Crippen LogP contribution in [0.2, 0.25) is 0 Å². The molecule has 0 spiro atoms. The summed E-state index contributed by atoms with van der Waals surface area (Å²) in [5.74, 6) is -0.551. The number of likely N-dealkylation sites (N-methyl/N-ethyl adjacent to an activating group) is 1. The Hall–Kier alpha value is -1.95. The molecule has 2 rings (SSSR count). The van der Waals surface area contributed by atoms with Crippen molar-refractivity contribution in [3.63, 3.8) is 0 Å². The molecule has 0 saturated heterocycles. The average Bonchev–Trinajstić information content (AvgIpc) is 2.37. The van der Waals surface area contributed by atoms with Gasteiger partial charge < -0.3 is 15.5 Å². The molecule has 0 saturated carbocycles.